The zero-order valence-electron chi connectivity index (χ0n) is 13.4. The van der Waals surface area contributed by atoms with Crippen LogP contribution < -0.4 is 10.6 Å². The molecule has 134 valence electrons. The molecule has 1 aromatic rings. The van der Waals surface area contributed by atoms with Gasteiger partial charge in [-0.05, 0) is 12.8 Å². The molecule has 0 spiro atoms. The van der Waals surface area contributed by atoms with Crippen LogP contribution in [0, 0.1) is 5.92 Å². The van der Waals surface area contributed by atoms with Crippen molar-refractivity contribution in [3.05, 3.63) is 35.9 Å². The van der Waals surface area contributed by atoms with Gasteiger partial charge in [-0.3, -0.25) is 9.59 Å². The Morgan fingerprint density at radius 1 is 1.16 bits per heavy atom. The van der Waals surface area contributed by atoms with E-state index >= 15 is 0 Å². The molecule has 3 rings (SSSR count). The second kappa shape index (κ2) is 6.50. The lowest BCUT2D eigenvalue weighted by Gasteiger charge is -2.30. The molecule has 1 aliphatic carbocycles. The molecule has 25 heavy (non-hydrogen) atoms. The Morgan fingerprint density at radius 2 is 1.80 bits per heavy atom. The SMILES string of the molecule is O=C(N[C@]1(C(F)(F)F)N=C(c2ccccc2)NC1=O)C1CCCCC1. The smallest absolute Gasteiger partial charge is 0.316 e. The topological polar surface area (TPSA) is 70.6 Å². The van der Waals surface area contributed by atoms with E-state index in [1.807, 2.05) is 5.32 Å². The number of amidine groups is 1. The molecule has 2 amide bonds. The van der Waals surface area contributed by atoms with Crippen LogP contribution in [0.15, 0.2) is 35.3 Å². The Labute approximate surface area is 142 Å². The molecular formula is C17H18F3N3O2. The maximum absolute atomic E-state index is 13.7. The van der Waals surface area contributed by atoms with Gasteiger partial charge in [0.1, 0.15) is 5.84 Å². The van der Waals surface area contributed by atoms with Crippen LogP contribution in [0.3, 0.4) is 0 Å². The molecule has 1 saturated carbocycles. The van der Waals surface area contributed by atoms with Crippen LogP contribution in [-0.4, -0.2) is 29.5 Å². The minimum absolute atomic E-state index is 0.202. The zero-order chi connectivity index (χ0) is 18.1. The van der Waals surface area contributed by atoms with Gasteiger partial charge in [-0.2, -0.15) is 13.2 Å². The van der Waals surface area contributed by atoms with Crippen molar-refractivity contribution in [2.45, 2.75) is 43.9 Å². The van der Waals surface area contributed by atoms with Gasteiger partial charge in [0.05, 0.1) is 0 Å². The predicted molar refractivity (Wildman–Crippen MR) is 84.6 cm³/mol. The number of hydrogen-bond acceptors (Lipinski definition) is 3. The van der Waals surface area contributed by atoms with Gasteiger partial charge in [0.25, 0.3) is 5.91 Å². The highest BCUT2D eigenvalue weighted by Crippen LogP contribution is 2.36. The average molecular weight is 353 g/mol. The summed E-state index contributed by atoms with van der Waals surface area (Å²) in [5.41, 5.74) is -2.93. The minimum atomic E-state index is -5.04. The van der Waals surface area contributed by atoms with Gasteiger partial charge in [-0.25, -0.2) is 4.99 Å². The number of carbonyl (C=O) groups excluding carboxylic acids is 2. The molecule has 0 unspecified atom stereocenters. The minimum Gasteiger partial charge on any atom is -0.316 e. The number of hydrogen-bond donors (Lipinski definition) is 2. The summed E-state index contributed by atoms with van der Waals surface area (Å²) in [6.45, 7) is 0. The summed E-state index contributed by atoms with van der Waals surface area (Å²) < 4.78 is 41.1. The van der Waals surface area contributed by atoms with Crippen molar-refractivity contribution in [2.75, 3.05) is 0 Å². The lowest BCUT2D eigenvalue weighted by molar-refractivity contribution is -0.197. The molecule has 2 aliphatic rings. The first-order chi connectivity index (χ1) is 11.8. The van der Waals surface area contributed by atoms with Crippen molar-refractivity contribution >= 4 is 17.6 Å². The largest absolute Gasteiger partial charge is 0.442 e. The average Bonchev–Trinajstić information content (AvgIpc) is 2.94. The van der Waals surface area contributed by atoms with Crippen molar-refractivity contribution in [1.29, 1.82) is 0 Å². The van der Waals surface area contributed by atoms with Crippen molar-refractivity contribution < 1.29 is 22.8 Å². The maximum atomic E-state index is 13.7. The van der Waals surface area contributed by atoms with E-state index in [9.17, 15) is 22.8 Å². The van der Waals surface area contributed by atoms with Crippen molar-refractivity contribution in [1.82, 2.24) is 10.6 Å². The number of rotatable bonds is 3. The fourth-order valence-electron chi connectivity index (χ4n) is 3.17. The maximum Gasteiger partial charge on any atom is 0.442 e. The van der Waals surface area contributed by atoms with Gasteiger partial charge in [0, 0.05) is 11.5 Å². The number of amides is 2. The van der Waals surface area contributed by atoms with Crippen LogP contribution in [0.1, 0.15) is 37.7 Å². The molecule has 1 aliphatic heterocycles. The van der Waals surface area contributed by atoms with Crippen molar-refractivity contribution in [3.63, 3.8) is 0 Å². The van der Waals surface area contributed by atoms with Crippen LogP contribution in [0.2, 0.25) is 0 Å². The second-order valence-corrected chi connectivity index (χ2v) is 6.31. The van der Waals surface area contributed by atoms with Crippen LogP contribution >= 0.6 is 0 Å². The molecule has 0 bridgehead atoms. The Bertz CT molecular complexity index is 697. The fourth-order valence-corrected chi connectivity index (χ4v) is 3.17. The number of halogens is 3. The number of alkyl halides is 3. The number of aliphatic imine (C=N–C) groups is 1. The Kier molecular flexibility index (Phi) is 4.53. The zero-order valence-corrected chi connectivity index (χ0v) is 13.4. The molecule has 5 nitrogen and oxygen atoms in total. The number of nitrogens with one attached hydrogen (secondary N) is 2. The Morgan fingerprint density at radius 3 is 2.40 bits per heavy atom. The summed E-state index contributed by atoms with van der Waals surface area (Å²) in [5.74, 6) is -2.88. The standard InChI is InChI=1S/C17H18F3N3O2/c18-17(19,20)16(23-14(24)12-9-5-2-6-10-12)15(25)21-13(22-16)11-7-3-1-4-8-11/h1,3-4,7-8,12H,2,5-6,9-10H2,(H,23,24)(H,21,22,25)/t16-/m1/s1. The van der Waals surface area contributed by atoms with E-state index in [-0.39, 0.29) is 5.84 Å². The van der Waals surface area contributed by atoms with E-state index in [2.05, 4.69) is 10.3 Å². The van der Waals surface area contributed by atoms with Gasteiger partial charge in [-0.15, -0.1) is 0 Å². The van der Waals surface area contributed by atoms with E-state index in [0.717, 1.165) is 19.3 Å². The predicted octanol–water partition coefficient (Wildman–Crippen LogP) is 2.52. The molecule has 0 saturated heterocycles. The third-order valence-electron chi connectivity index (χ3n) is 4.58. The van der Waals surface area contributed by atoms with E-state index in [1.165, 1.54) is 12.1 Å². The van der Waals surface area contributed by atoms with E-state index in [0.29, 0.717) is 18.4 Å². The first kappa shape index (κ1) is 17.4. The molecule has 1 aromatic carbocycles. The molecule has 0 aromatic heterocycles. The molecule has 0 radical (unpaired) electrons. The van der Waals surface area contributed by atoms with E-state index in [1.54, 1.807) is 18.2 Å². The third kappa shape index (κ3) is 3.25. The summed E-state index contributed by atoms with van der Waals surface area (Å²) in [4.78, 5) is 28.1. The monoisotopic (exact) mass is 353 g/mol. The van der Waals surface area contributed by atoms with Crippen LogP contribution in [-0.2, 0) is 9.59 Å². The summed E-state index contributed by atoms with van der Waals surface area (Å²) in [6.07, 6.45) is -1.44. The van der Waals surface area contributed by atoms with Gasteiger partial charge in [0.2, 0.25) is 5.91 Å². The number of nitrogens with zero attached hydrogens (tertiary/aromatic N) is 1. The highest BCUT2D eigenvalue weighted by Gasteiger charge is 2.65. The highest BCUT2D eigenvalue weighted by molar-refractivity contribution is 6.16. The third-order valence-corrected chi connectivity index (χ3v) is 4.58. The van der Waals surface area contributed by atoms with Crippen molar-refractivity contribution in [2.24, 2.45) is 10.9 Å². The van der Waals surface area contributed by atoms with Gasteiger partial charge >= 0.3 is 11.8 Å². The van der Waals surface area contributed by atoms with E-state index < -0.39 is 29.6 Å². The van der Waals surface area contributed by atoms with Gasteiger partial charge in [-0.1, -0.05) is 49.6 Å². The van der Waals surface area contributed by atoms with Gasteiger partial charge in [0.15, 0.2) is 0 Å². The summed E-state index contributed by atoms with van der Waals surface area (Å²) in [7, 11) is 0. The van der Waals surface area contributed by atoms with Crippen LogP contribution in [0.25, 0.3) is 0 Å². The fraction of sp³-hybridized carbons (Fsp3) is 0.471. The molecule has 2 N–H and O–H groups in total. The first-order valence-corrected chi connectivity index (χ1v) is 8.19. The van der Waals surface area contributed by atoms with Gasteiger partial charge < -0.3 is 10.6 Å². The number of benzene rings is 1. The highest BCUT2D eigenvalue weighted by atomic mass is 19.4. The van der Waals surface area contributed by atoms with E-state index in [4.69, 9.17) is 0 Å². The Balaban J connectivity index is 1.92. The normalized spacial score (nSPS) is 24.6. The molecule has 1 fully saturated rings. The Hall–Kier alpha value is -2.38. The molecule has 8 heteroatoms. The molecular weight excluding hydrogens is 335 g/mol. The van der Waals surface area contributed by atoms with Crippen LogP contribution in [0.4, 0.5) is 13.2 Å². The first-order valence-electron chi connectivity index (χ1n) is 8.19. The lowest BCUT2D eigenvalue weighted by atomic mass is 9.88. The number of carbonyl (C=O) groups is 2. The second-order valence-electron chi connectivity index (χ2n) is 6.31. The van der Waals surface area contributed by atoms with Crippen LogP contribution in [0.5, 0.6) is 0 Å². The quantitative estimate of drug-likeness (QED) is 0.877. The summed E-state index contributed by atoms with van der Waals surface area (Å²) >= 11 is 0. The lowest BCUT2D eigenvalue weighted by Crippen LogP contribution is -2.63. The molecule has 1 atom stereocenters. The summed E-state index contributed by atoms with van der Waals surface area (Å²) in [5, 5.41) is 4.04. The molecule has 1 heterocycles. The summed E-state index contributed by atoms with van der Waals surface area (Å²) in [6, 6.07) is 8.02. The van der Waals surface area contributed by atoms with Crippen molar-refractivity contribution in [3.8, 4) is 0 Å².